The highest BCUT2D eigenvalue weighted by Crippen LogP contribution is 2.27. The first-order chi connectivity index (χ1) is 6.77. The Morgan fingerprint density at radius 1 is 1.27 bits per heavy atom. The van der Waals surface area contributed by atoms with Gasteiger partial charge in [0.1, 0.15) is 0 Å². The molecule has 0 radical (unpaired) electrons. The number of nitrogens with two attached hydrogens (primary N) is 1. The van der Waals surface area contributed by atoms with Gasteiger partial charge in [-0.1, -0.05) is 13.8 Å². The van der Waals surface area contributed by atoms with E-state index in [-0.39, 0.29) is 11.0 Å². The second-order valence-electron chi connectivity index (χ2n) is 5.77. The molecule has 1 rings (SSSR count). The molecule has 0 spiro atoms. The Morgan fingerprint density at radius 2 is 1.87 bits per heavy atom. The van der Waals surface area contributed by atoms with Crippen molar-refractivity contribution in [3.05, 3.63) is 18.0 Å². The first-order valence-corrected chi connectivity index (χ1v) is 5.53. The second-order valence-corrected chi connectivity index (χ2v) is 5.77. The van der Waals surface area contributed by atoms with E-state index in [0.717, 1.165) is 6.42 Å². The lowest BCUT2D eigenvalue weighted by molar-refractivity contribution is 0.354. The highest BCUT2D eigenvalue weighted by molar-refractivity contribution is 5.17. The molecule has 1 heterocycles. The van der Waals surface area contributed by atoms with Gasteiger partial charge in [-0.3, -0.25) is 4.68 Å². The van der Waals surface area contributed by atoms with Crippen molar-refractivity contribution in [2.24, 2.45) is 5.73 Å². The van der Waals surface area contributed by atoms with Crippen molar-refractivity contribution in [3.8, 4) is 0 Å². The highest BCUT2D eigenvalue weighted by atomic mass is 15.3. The summed E-state index contributed by atoms with van der Waals surface area (Å²) in [6.07, 6.45) is 5.08. The molecule has 3 heteroatoms. The Bertz CT molecular complexity index is 318. The first kappa shape index (κ1) is 12.2. The number of nitrogens with zero attached hydrogens (tertiary/aromatic N) is 2. The number of aromatic nitrogens is 2. The van der Waals surface area contributed by atoms with Gasteiger partial charge in [0.25, 0.3) is 0 Å². The monoisotopic (exact) mass is 209 g/mol. The van der Waals surface area contributed by atoms with Gasteiger partial charge in [0, 0.05) is 6.20 Å². The van der Waals surface area contributed by atoms with E-state index < -0.39 is 0 Å². The summed E-state index contributed by atoms with van der Waals surface area (Å²) in [5.74, 6) is 0. The van der Waals surface area contributed by atoms with Gasteiger partial charge < -0.3 is 5.73 Å². The summed E-state index contributed by atoms with van der Waals surface area (Å²) < 4.78 is 2.01. The molecule has 0 bridgehead atoms. The fraction of sp³-hybridized carbons (Fsp3) is 0.750. The SMILES string of the molecule is CC(C)(CCN)c1cnn(C(C)(C)C)c1. The van der Waals surface area contributed by atoms with E-state index in [1.807, 2.05) is 10.9 Å². The van der Waals surface area contributed by atoms with Crippen LogP contribution in [0.5, 0.6) is 0 Å². The van der Waals surface area contributed by atoms with Gasteiger partial charge in [-0.05, 0) is 44.7 Å². The van der Waals surface area contributed by atoms with E-state index >= 15 is 0 Å². The maximum Gasteiger partial charge on any atom is 0.0543 e. The molecule has 2 N–H and O–H groups in total. The Morgan fingerprint density at radius 3 is 2.27 bits per heavy atom. The van der Waals surface area contributed by atoms with Crippen molar-refractivity contribution in [2.45, 2.75) is 52.0 Å². The third-order valence-corrected chi connectivity index (χ3v) is 2.82. The topological polar surface area (TPSA) is 43.8 Å². The Labute approximate surface area is 92.7 Å². The number of rotatable bonds is 3. The van der Waals surface area contributed by atoms with E-state index in [1.54, 1.807) is 0 Å². The minimum atomic E-state index is 0.0526. The molecule has 86 valence electrons. The van der Waals surface area contributed by atoms with Crippen LogP contribution in [-0.2, 0) is 11.0 Å². The summed E-state index contributed by atoms with van der Waals surface area (Å²) in [6, 6.07) is 0. The summed E-state index contributed by atoms with van der Waals surface area (Å²) in [6.45, 7) is 11.6. The highest BCUT2D eigenvalue weighted by Gasteiger charge is 2.23. The molecular formula is C12H23N3. The molecule has 0 saturated carbocycles. The fourth-order valence-electron chi connectivity index (χ4n) is 1.54. The summed E-state index contributed by atoms with van der Waals surface area (Å²) in [5, 5.41) is 4.41. The van der Waals surface area contributed by atoms with Crippen molar-refractivity contribution < 1.29 is 0 Å². The van der Waals surface area contributed by atoms with Gasteiger partial charge in [-0.25, -0.2) is 0 Å². The van der Waals surface area contributed by atoms with Crippen molar-refractivity contribution in [1.29, 1.82) is 0 Å². The lowest BCUT2D eigenvalue weighted by Crippen LogP contribution is -2.23. The molecule has 0 aliphatic carbocycles. The predicted octanol–water partition coefficient (Wildman–Crippen LogP) is 2.26. The predicted molar refractivity (Wildman–Crippen MR) is 63.9 cm³/mol. The van der Waals surface area contributed by atoms with Crippen LogP contribution < -0.4 is 5.73 Å². The molecule has 0 atom stereocenters. The van der Waals surface area contributed by atoms with Crippen molar-refractivity contribution in [3.63, 3.8) is 0 Å². The zero-order valence-corrected chi connectivity index (χ0v) is 10.5. The Balaban J connectivity index is 2.94. The van der Waals surface area contributed by atoms with Crippen LogP contribution in [0.2, 0.25) is 0 Å². The minimum Gasteiger partial charge on any atom is -0.330 e. The molecule has 0 aliphatic rings. The summed E-state index contributed by atoms with van der Waals surface area (Å²) in [7, 11) is 0. The molecule has 0 saturated heterocycles. The third kappa shape index (κ3) is 2.81. The first-order valence-electron chi connectivity index (χ1n) is 5.53. The summed E-state index contributed by atoms with van der Waals surface area (Å²) in [5.41, 5.74) is 7.06. The zero-order chi connectivity index (χ0) is 11.7. The molecule has 15 heavy (non-hydrogen) atoms. The molecule has 0 aromatic carbocycles. The van der Waals surface area contributed by atoms with Gasteiger partial charge in [0.05, 0.1) is 11.7 Å². The molecule has 0 unspecified atom stereocenters. The van der Waals surface area contributed by atoms with E-state index in [0.29, 0.717) is 6.54 Å². The van der Waals surface area contributed by atoms with Crippen LogP contribution >= 0.6 is 0 Å². The standard InChI is InChI=1S/C12H23N3/c1-11(2,3)15-9-10(8-14-15)12(4,5)6-7-13/h8-9H,6-7,13H2,1-5H3. The fourth-order valence-corrected chi connectivity index (χ4v) is 1.54. The number of hydrogen-bond acceptors (Lipinski definition) is 2. The summed E-state index contributed by atoms with van der Waals surface area (Å²) >= 11 is 0. The van der Waals surface area contributed by atoms with E-state index in [2.05, 4.69) is 45.9 Å². The molecule has 0 aliphatic heterocycles. The lowest BCUT2D eigenvalue weighted by Gasteiger charge is -2.23. The van der Waals surface area contributed by atoms with Crippen LogP contribution in [0.15, 0.2) is 12.4 Å². The van der Waals surface area contributed by atoms with E-state index in [4.69, 9.17) is 5.73 Å². The zero-order valence-electron chi connectivity index (χ0n) is 10.5. The average Bonchev–Trinajstić information content (AvgIpc) is 2.50. The van der Waals surface area contributed by atoms with Crippen LogP contribution in [-0.4, -0.2) is 16.3 Å². The maximum atomic E-state index is 5.62. The average molecular weight is 209 g/mol. The smallest absolute Gasteiger partial charge is 0.0543 e. The van der Waals surface area contributed by atoms with Crippen LogP contribution in [0, 0.1) is 0 Å². The van der Waals surface area contributed by atoms with Crippen molar-refractivity contribution in [2.75, 3.05) is 6.54 Å². The van der Waals surface area contributed by atoms with Crippen LogP contribution in [0.4, 0.5) is 0 Å². The van der Waals surface area contributed by atoms with Gasteiger partial charge in [-0.2, -0.15) is 5.10 Å². The lowest BCUT2D eigenvalue weighted by atomic mass is 9.83. The molecule has 0 fully saturated rings. The van der Waals surface area contributed by atoms with Gasteiger partial charge in [0.15, 0.2) is 0 Å². The summed E-state index contributed by atoms with van der Waals surface area (Å²) in [4.78, 5) is 0. The quantitative estimate of drug-likeness (QED) is 0.830. The number of hydrogen-bond donors (Lipinski definition) is 1. The molecule has 1 aromatic rings. The van der Waals surface area contributed by atoms with Crippen molar-refractivity contribution in [1.82, 2.24) is 9.78 Å². The molecule has 3 nitrogen and oxygen atoms in total. The van der Waals surface area contributed by atoms with Gasteiger partial charge >= 0.3 is 0 Å². The Hall–Kier alpha value is -0.830. The largest absolute Gasteiger partial charge is 0.330 e. The molecule has 0 amide bonds. The normalized spacial score (nSPS) is 13.2. The van der Waals surface area contributed by atoms with E-state index in [9.17, 15) is 0 Å². The molecule has 1 aromatic heterocycles. The third-order valence-electron chi connectivity index (χ3n) is 2.82. The minimum absolute atomic E-state index is 0.0526. The second kappa shape index (κ2) is 3.97. The van der Waals surface area contributed by atoms with Gasteiger partial charge in [0.2, 0.25) is 0 Å². The molecular weight excluding hydrogens is 186 g/mol. The maximum absolute atomic E-state index is 5.62. The van der Waals surface area contributed by atoms with Gasteiger partial charge in [-0.15, -0.1) is 0 Å². The van der Waals surface area contributed by atoms with Crippen LogP contribution in [0.3, 0.4) is 0 Å². The van der Waals surface area contributed by atoms with Crippen LogP contribution in [0.1, 0.15) is 46.6 Å². The van der Waals surface area contributed by atoms with Crippen molar-refractivity contribution >= 4 is 0 Å². The Kier molecular flexibility index (Phi) is 3.24. The van der Waals surface area contributed by atoms with Crippen LogP contribution in [0.25, 0.3) is 0 Å². The van der Waals surface area contributed by atoms with E-state index in [1.165, 1.54) is 5.56 Å².